The monoisotopic (exact) mass is 412 g/mol. The maximum absolute atomic E-state index is 12.9. The third-order valence-electron chi connectivity index (χ3n) is 5.08. The van der Waals surface area contributed by atoms with E-state index in [2.05, 4.69) is 22.2 Å². The van der Waals surface area contributed by atoms with Gasteiger partial charge in [-0.2, -0.15) is 5.01 Å². The van der Waals surface area contributed by atoms with Gasteiger partial charge in [-0.25, -0.2) is 4.79 Å². The van der Waals surface area contributed by atoms with Crippen molar-refractivity contribution in [3.05, 3.63) is 0 Å². The van der Waals surface area contributed by atoms with E-state index in [1.165, 1.54) is 29.6 Å². The molecule has 0 spiro atoms. The second kappa shape index (κ2) is 12.3. The van der Waals surface area contributed by atoms with E-state index < -0.39 is 6.23 Å². The Bertz CT molecular complexity index is 534. The van der Waals surface area contributed by atoms with Crippen molar-refractivity contribution in [1.29, 1.82) is 0 Å². The number of rotatable bonds is 9. The van der Waals surface area contributed by atoms with Crippen LogP contribution in [0.4, 0.5) is 4.79 Å². The fourth-order valence-electron chi connectivity index (χ4n) is 3.38. The highest BCUT2D eigenvalue weighted by molar-refractivity contribution is 8.13. The quantitative estimate of drug-likeness (QED) is 0.461. The summed E-state index contributed by atoms with van der Waals surface area (Å²) in [6, 6.07) is -0.157. The number of hydrogen-bond acceptors (Lipinski definition) is 6. The van der Waals surface area contributed by atoms with E-state index in [1.807, 2.05) is 14.1 Å². The minimum Gasteiger partial charge on any atom is -0.438 e. The smallest absolute Gasteiger partial charge is 0.341 e. The summed E-state index contributed by atoms with van der Waals surface area (Å²) in [6.07, 6.45) is 9.05. The first kappa shape index (κ1) is 23.0. The molecule has 1 N–H and O–H groups in total. The number of carbonyl (C=O) groups is 2. The van der Waals surface area contributed by atoms with Gasteiger partial charge >= 0.3 is 6.03 Å². The van der Waals surface area contributed by atoms with Gasteiger partial charge in [-0.05, 0) is 33.4 Å². The first-order valence-corrected chi connectivity index (χ1v) is 11.6. The third kappa shape index (κ3) is 7.62. The molecule has 1 saturated carbocycles. The normalized spacial score (nSPS) is 20.6. The summed E-state index contributed by atoms with van der Waals surface area (Å²) in [7, 11) is 4.01. The predicted octanol–water partition coefficient (Wildman–Crippen LogP) is 3.79. The summed E-state index contributed by atoms with van der Waals surface area (Å²) in [4.78, 5) is 27.6. The maximum Gasteiger partial charge on any atom is 0.341 e. The van der Waals surface area contributed by atoms with Gasteiger partial charge in [-0.1, -0.05) is 57.2 Å². The Balaban J connectivity index is 1.98. The number of carbonyl (C=O) groups excluding carboxylic acids is 2. The summed E-state index contributed by atoms with van der Waals surface area (Å²) in [5.41, 5.74) is 0. The molecule has 0 radical (unpaired) electrons. The van der Waals surface area contributed by atoms with Gasteiger partial charge in [-0.3, -0.25) is 4.79 Å². The molecule has 2 aliphatic rings. The van der Waals surface area contributed by atoms with Gasteiger partial charge in [-0.15, -0.1) is 5.10 Å². The minimum absolute atomic E-state index is 0.0728. The molecule has 2 amide bonds. The fraction of sp³-hybridized carbons (Fsp3) is 0.850. The molecule has 8 heteroatoms. The van der Waals surface area contributed by atoms with Crippen LogP contribution in [0.25, 0.3) is 0 Å². The van der Waals surface area contributed by atoms with Gasteiger partial charge in [0.15, 0.2) is 5.78 Å². The molecule has 1 atom stereocenters. The van der Waals surface area contributed by atoms with Crippen molar-refractivity contribution in [1.82, 2.24) is 15.2 Å². The summed E-state index contributed by atoms with van der Waals surface area (Å²) < 4.78 is 5.79. The van der Waals surface area contributed by atoms with Gasteiger partial charge in [0, 0.05) is 24.8 Å². The molecule has 1 aliphatic carbocycles. The van der Waals surface area contributed by atoms with E-state index in [9.17, 15) is 9.59 Å². The number of Topliss-reactive ketones (excluding diaryl/α,β-unsaturated/α-hetero) is 1. The van der Waals surface area contributed by atoms with Crippen molar-refractivity contribution in [3.63, 3.8) is 0 Å². The fourth-order valence-corrected chi connectivity index (χ4v) is 4.31. The van der Waals surface area contributed by atoms with E-state index in [0.717, 1.165) is 57.2 Å². The molecule has 1 fully saturated rings. The molecular formula is C20H36N4O3S. The van der Waals surface area contributed by atoms with Crippen molar-refractivity contribution in [3.8, 4) is 0 Å². The first-order valence-electron chi connectivity index (χ1n) is 10.7. The lowest BCUT2D eigenvalue weighted by atomic mass is 10.1. The lowest BCUT2D eigenvalue weighted by Gasteiger charge is -2.23. The number of hydrazone groups is 1. The van der Waals surface area contributed by atoms with Crippen molar-refractivity contribution < 1.29 is 14.3 Å². The summed E-state index contributed by atoms with van der Waals surface area (Å²) in [5.74, 6) is 0.720. The average molecular weight is 413 g/mol. The van der Waals surface area contributed by atoms with Gasteiger partial charge in [0.1, 0.15) is 0 Å². The molecule has 0 bridgehead atoms. The van der Waals surface area contributed by atoms with Crippen LogP contribution in [0.15, 0.2) is 5.10 Å². The Kier molecular flexibility index (Phi) is 10.1. The Morgan fingerprint density at radius 3 is 2.57 bits per heavy atom. The van der Waals surface area contributed by atoms with E-state index in [-0.39, 0.29) is 17.9 Å². The Morgan fingerprint density at radius 2 is 1.93 bits per heavy atom. The van der Waals surface area contributed by atoms with E-state index in [1.54, 1.807) is 0 Å². The van der Waals surface area contributed by atoms with E-state index in [0.29, 0.717) is 11.7 Å². The zero-order chi connectivity index (χ0) is 20.4. The van der Waals surface area contributed by atoms with E-state index >= 15 is 0 Å². The minimum atomic E-state index is -0.926. The second-order valence-electron chi connectivity index (χ2n) is 7.89. The first-order chi connectivity index (χ1) is 13.5. The van der Waals surface area contributed by atoms with Crippen molar-refractivity contribution in [2.75, 3.05) is 26.4 Å². The van der Waals surface area contributed by atoms with Gasteiger partial charge < -0.3 is 15.0 Å². The van der Waals surface area contributed by atoms with Crippen LogP contribution < -0.4 is 5.32 Å². The number of thioether (sulfide) groups is 1. The molecular weight excluding hydrogens is 376 g/mol. The number of hydrogen-bond donors (Lipinski definition) is 1. The Hall–Kier alpha value is -1.28. The number of urea groups is 1. The Labute approximate surface area is 173 Å². The molecule has 2 rings (SSSR count). The van der Waals surface area contributed by atoms with E-state index in [4.69, 9.17) is 4.74 Å². The Morgan fingerprint density at radius 1 is 1.21 bits per heavy atom. The maximum atomic E-state index is 12.9. The predicted molar refractivity (Wildman–Crippen MR) is 114 cm³/mol. The molecule has 0 saturated heterocycles. The van der Waals surface area contributed by atoms with Crippen LogP contribution in [0, 0.1) is 0 Å². The second-order valence-corrected chi connectivity index (χ2v) is 8.94. The SMILES string of the molecule is CCCCCC(=O)C1OC(SCCN(C)C)=NN1C(=O)NC1CCCCCC1. The van der Waals surface area contributed by atoms with Crippen LogP contribution in [0.3, 0.4) is 0 Å². The van der Waals surface area contributed by atoms with Gasteiger partial charge in [0.05, 0.1) is 0 Å². The number of amides is 2. The standard InChI is InChI=1S/C20H36N4O3S/c1-4-5-8-13-17(25)18-24(22-20(27-18)28-15-14-23(2)3)19(26)21-16-11-9-6-7-10-12-16/h16,18H,4-15H2,1-3H3,(H,21,26). The molecule has 0 aromatic heterocycles. The number of nitrogens with zero attached hydrogens (tertiary/aromatic N) is 3. The van der Waals surface area contributed by atoms with Crippen molar-refractivity contribution >= 4 is 28.8 Å². The highest BCUT2D eigenvalue weighted by atomic mass is 32.2. The summed E-state index contributed by atoms with van der Waals surface area (Å²) >= 11 is 1.44. The van der Waals surface area contributed by atoms with Crippen LogP contribution in [-0.4, -0.2) is 65.6 Å². The van der Waals surface area contributed by atoms with Crippen molar-refractivity contribution in [2.24, 2.45) is 5.10 Å². The van der Waals surface area contributed by atoms with Crippen LogP contribution in [0.2, 0.25) is 0 Å². The van der Waals surface area contributed by atoms with Gasteiger partial charge in [0.2, 0.25) is 0 Å². The number of ketones is 1. The number of nitrogens with one attached hydrogen (secondary N) is 1. The third-order valence-corrected chi connectivity index (χ3v) is 5.89. The molecule has 1 aliphatic heterocycles. The molecule has 1 unspecified atom stereocenters. The van der Waals surface area contributed by atoms with Crippen LogP contribution in [0.5, 0.6) is 0 Å². The van der Waals surface area contributed by atoms with Gasteiger partial charge in [0.25, 0.3) is 11.5 Å². The highest BCUT2D eigenvalue weighted by Gasteiger charge is 2.38. The molecule has 160 valence electrons. The molecule has 7 nitrogen and oxygen atoms in total. The topological polar surface area (TPSA) is 74.2 Å². The molecule has 0 aromatic rings. The zero-order valence-electron chi connectivity index (χ0n) is 17.6. The number of ether oxygens (including phenoxy) is 1. The largest absolute Gasteiger partial charge is 0.438 e. The summed E-state index contributed by atoms with van der Waals surface area (Å²) in [6.45, 7) is 2.97. The molecule has 1 heterocycles. The summed E-state index contributed by atoms with van der Waals surface area (Å²) in [5, 5.41) is 9.06. The van der Waals surface area contributed by atoms with Crippen LogP contribution >= 0.6 is 11.8 Å². The molecule has 28 heavy (non-hydrogen) atoms. The van der Waals surface area contributed by atoms with Crippen molar-refractivity contribution in [2.45, 2.75) is 83.4 Å². The number of unbranched alkanes of at least 4 members (excludes halogenated alkanes) is 2. The van der Waals surface area contributed by atoms with Crippen LogP contribution in [-0.2, 0) is 9.53 Å². The lowest BCUT2D eigenvalue weighted by molar-refractivity contribution is -0.131. The lowest BCUT2D eigenvalue weighted by Crippen LogP contribution is -2.48. The van der Waals surface area contributed by atoms with Crippen LogP contribution in [0.1, 0.15) is 71.1 Å². The zero-order valence-corrected chi connectivity index (χ0v) is 18.4. The molecule has 0 aromatic carbocycles. The average Bonchev–Trinajstić information content (AvgIpc) is 2.92. The highest BCUT2D eigenvalue weighted by Crippen LogP contribution is 2.23.